The van der Waals surface area contributed by atoms with Crippen LogP contribution < -0.4 is 0 Å². The van der Waals surface area contributed by atoms with Gasteiger partial charge in [0.25, 0.3) is 0 Å². The van der Waals surface area contributed by atoms with E-state index in [1.165, 1.54) is 218 Å². The molecule has 0 aromatic rings. The maximum Gasteiger partial charge on any atom is 0.472 e. The Bertz CT molecular complexity index is 1980. The Hall–Kier alpha value is -1.94. The molecule has 0 aromatic heterocycles. The van der Waals surface area contributed by atoms with Crippen molar-refractivity contribution in [3.05, 3.63) is 0 Å². The Labute approximate surface area is 619 Å². The van der Waals surface area contributed by atoms with Crippen molar-refractivity contribution >= 4 is 39.5 Å². The number of phosphoric ester groups is 2. The van der Waals surface area contributed by atoms with Gasteiger partial charge in [-0.1, -0.05) is 370 Å². The minimum atomic E-state index is -4.96. The number of hydrogen-bond acceptors (Lipinski definition) is 15. The van der Waals surface area contributed by atoms with Crippen LogP contribution in [0.2, 0.25) is 0 Å². The number of rotatable bonds is 79. The first-order chi connectivity index (χ1) is 48.7. The highest BCUT2D eigenvalue weighted by molar-refractivity contribution is 7.47. The van der Waals surface area contributed by atoms with Crippen LogP contribution in [0.1, 0.15) is 421 Å². The third-order valence-electron chi connectivity index (χ3n) is 19.8. The van der Waals surface area contributed by atoms with Crippen molar-refractivity contribution in [3.8, 4) is 0 Å². The van der Waals surface area contributed by atoms with Gasteiger partial charge in [0.2, 0.25) is 0 Å². The molecule has 7 atom stereocenters. The van der Waals surface area contributed by atoms with Crippen LogP contribution in [-0.4, -0.2) is 96.7 Å². The molecule has 0 rings (SSSR count). The third kappa shape index (κ3) is 73.4. The molecule has 0 fully saturated rings. The number of hydrogen-bond donors (Lipinski definition) is 3. The van der Waals surface area contributed by atoms with E-state index >= 15 is 0 Å². The molecular formula is C82H160O17P2. The maximum atomic E-state index is 13.1. The zero-order valence-electron chi connectivity index (χ0n) is 66.5. The van der Waals surface area contributed by atoms with Crippen molar-refractivity contribution < 1.29 is 80.2 Å². The van der Waals surface area contributed by atoms with E-state index in [1.807, 2.05) is 0 Å². The van der Waals surface area contributed by atoms with Crippen LogP contribution in [0.5, 0.6) is 0 Å². The standard InChI is InChI=1S/C82H160O17P2/c1-9-74(7)60-52-44-35-29-23-17-11-13-19-26-32-38-48-56-64-81(86)98-77(68-92-79(84)62-54-46-37-31-25-21-15-16-22-28-34-42-50-58-72(3)4)70-96-100(88,89)94-66-76(83)67-95-101(90,91)97-71-78(69-93-80(85)63-55-47-41-40-43-51-59-73(5)6)99-82(87)65-57-49-39-33-27-20-14-12-18-24-30-36-45-53-61-75(8)10-2/h72-78,83H,9-71H2,1-8H3,(H,88,89)(H,90,91)/t74?,75?,76-,77-,78-/m1/s1. The van der Waals surface area contributed by atoms with Gasteiger partial charge in [-0.2, -0.15) is 0 Å². The zero-order chi connectivity index (χ0) is 74.6. The molecular weight excluding hydrogens is 1320 g/mol. The Morgan fingerprint density at radius 1 is 0.277 bits per heavy atom. The van der Waals surface area contributed by atoms with Crippen molar-refractivity contribution in [3.63, 3.8) is 0 Å². The smallest absolute Gasteiger partial charge is 0.462 e. The van der Waals surface area contributed by atoms with E-state index in [4.69, 9.17) is 37.0 Å². The van der Waals surface area contributed by atoms with Gasteiger partial charge in [0, 0.05) is 25.7 Å². The number of ether oxygens (including phenoxy) is 4. The number of phosphoric acid groups is 2. The van der Waals surface area contributed by atoms with Gasteiger partial charge in [-0.15, -0.1) is 0 Å². The van der Waals surface area contributed by atoms with Gasteiger partial charge in [0.1, 0.15) is 19.3 Å². The molecule has 19 heteroatoms. The molecule has 0 radical (unpaired) electrons. The molecule has 0 amide bonds. The van der Waals surface area contributed by atoms with Crippen molar-refractivity contribution in [1.29, 1.82) is 0 Å². The summed E-state index contributed by atoms with van der Waals surface area (Å²) < 4.78 is 68.7. The van der Waals surface area contributed by atoms with Gasteiger partial charge in [-0.05, 0) is 49.4 Å². The monoisotopic (exact) mass is 1480 g/mol. The van der Waals surface area contributed by atoms with E-state index in [0.29, 0.717) is 31.6 Å². The summed E-state index contributed by atoms with van der Waals surface area (Å²) in [6, 6.07) is 0. The van der Waals surface area contributed by atoms with Gasteiger partial charge >= 0.3 is 39.5 Å². The largest absolute Gasteiger partial charge is 0.472 e. The number of carbonyl (C=O) groups is 4. The van der Waals surface area contributed by atoms with Gasteiger partial charge < -0.3 is 33.8 Å². The lowest BCUT2D eigenvalue weighted by molar-refractivity contribution is -0.161. The van der Waals surface area contributed by atoms with E-state index in [2.05, 4.69) is 55.4 Å². The van der Waals surface area contributed by atoms with Crippen molar-refractivity contribution in [2.75, 3.05) is 39.6 Å². The molecule has 0 aliphatic carbocycles. The Kier molecular flexibility index (Phi) is 69.6. The SMILES string of the molecule is CCC(C)CCCCCCCCCCCCCCCCC(=O)O[C@H](COC(=O)CCCCCCCCCCCCCCCC(C)C)COP(=O)(O)OC[C@@H](O)COP(=O)(O)OC[C@@H](COC(=O)CCCCCCCCC(C)C)OC(=O)CCCCCCCCCCCCCCCCC(C)CC. The first kappa shape index (κ1) is 99.1. The summed E-state index contributed by atoms with van der Waals surface area (Å²) in [5.41, 5.74) is 0. The minimum Gasteiger partial charge on any atom is -0.462 e. The Morgan fingerprint density at radius 3 is 0.703 bits per heavy atom. The van der Waals surface area contributed by atoms with Crippen LogP contribution in [0.3, 0.4) is 0 Å². The molecule has 0 aliphatic rings. The lowest BCUT2D eigenvalue weighted by Gasteiger charge is -2.21. The zero-order valence-corrected chi connectivity index (χ0v) is 68.3. The molecule has 600 valence electrons. The van der Waals surface area contributed by atoms with E-state index < -0.39 is 97.5 Å². The number of carbonyl (C=O) groups excluding carboxylic acids is 4. The molecule has 0 aliphatic heterocycles. The van der Waals surface area contributed by atoms with E-state index in [1.54, 1.807) is 0 Å². The number of esters is 4. The first-order valence-electron chi connectivity index (χ1n) is 42.3. The minimum absolute atomic E-state index is 0.106. The molecule has 0 saturated carbocycles. The Balaban J connectivity index is 5.23. The molecule has 3 N–H and O–H groups in total. The second-order valence-electron chi connectivity index (χ2n) is 31.0. The van der Waals surface area contributed by atoms with Crippen molar-refractivity contribution in [2.24, 2.45) is 23.7 Å². The lowest BCUT2D eigenvalue weighted by Crippen LogP contribution is -2.30. The Morgan fingerprint density at radius 2 is 0.475 bits per heavy atom. The summed E-state index contributed by atoms with van der Waals surface area (Å²) >= 11 is 0. The fourth-order valence-corrected chi connectivity index (χ4v) is 14.1. The van der Waals surface area contributed by atoms with Crippen LogP contribution in [0, 0.1) is 23.7 Å². The number of aliphatic hydroxyl groups excluding tert-OH is 1. The fourth-order valence-electron chi connectivity index (χ4n) is 12.5. The van der Waals surface area contributed by atoms with Crippen LogP contribution in [0.15, 0.2) is 0 Å². The van der Waals surface area contributed by atoms with Crippen molar-refractivity contribution in [2.45, 2.75) is 440 Å². The van der Waals surface area contributed by atoms with Gasteiger partial charge in [0.05, 0.1) is 26.4 Å². The summed E-state index contributed by atoms with van der Waals surface area (Å²) in [6.45, 7) is 14.3. The van der Waals surface area contributed by atoms with Gasteiger partial charge in [-0.3, -0.25) is 37.3 Å². The van der Waals surface area contributed by atoms with Gasteiger partial charge in [-0.25, -0.2) is 9.13 Å². The second-order valence-corrected chi connectivity index (χ2v) is 33.9. The van der Waals surface area contributed by atoms with Crippen LogP contribution >= 0.6 is 15.6 Å². The predicted molar refractivity (Wildman–Crippen MR) is 414 cm³/mol. The quantitative estimate of drug-likeness (QED) is 0.0222. The molecule has 0 spiro atoms. The normalized spacial score (nSPS) is 14.5. The molecule has 0 saturated heterocycles. The van der Waals surface area contributed by atoms with Gasteiger partial charge in [0.15, 0.2) is 12.2 Å². The molecule has 17 nitrogen and oxygen atoms in total. The summed E-state index contributed by atoms with van der Waals surface area (Å²) in [5, 5.41) is 10.6. The van der Waals surface area contributed by atoms with E-state index in [0.717, 1.165) is 114 Å². The van der Waals surface area contributed by atoms with Crippen molar-refractivity contribution in [1.82, 2.24) is 0 Å². The maximum absolute atomic E-state index is 13.1. The predicted octanol–water partition coefficient (Wildman–Crippen LogP) is 24.4. The number of aliphatic hydroxyl groups is 1. The number of unbranched alkanes of at least 4 members (excludes halogenated alkanes) is 43. The summed E-state index contributed by atoms with van der Waals surface area (Å²) in [4.78, 5) is 73.0. The van der Waals surface area contributed by atoms with E-state index in [9.17, 15) is 43.2 Å². The van der Waals surface area contributed by atoms with Crippen LogP contribution in [0.25, 0.3) is 0 Å². The molecule has 0 aromatic carbocycles. The highest BCUT2D eigenvalue weighted by atomic mass is 31.2. The second kappa shape index (κ2) is 71.0. The topological polar surface area (TPSA) is 237 Å². The molecule has 0 heterocycles. The summed E-state index contributed by atoms with van der Waals surface area (Å²) in [7, 11) is -9.92. The van der Waals surface area contributed by atoms with E-state index in [-0.39, 0.29) is 25.7 Å². The third-order valence-corrected chi connectivity index (χ3v) is 21.7. The molecule has 101 heavy (non-hydrogen) atoms. The lowest BCUT2D eigenvalue weighted by atomic mass is 9.99. The average Bonchev–Trinajstić information content (AvgIpc) is 0.968. The summed E-state index contributed by atoms with van der Waals surface area (Å²) in [6.07, 6.45) is 58.3. The highest BCUT2D eigenvalue weighted by Gasteiger charge is 2.30. The van der Waals surface area contributed by atoms with Crippen LogP contribution in [-0.2, 0) is 65.4 Å². The highest BCUT2D eigenvalue weighted by Crippen LogP contribution is 2.45. The van der Waals surface area contributed by atoms with Crippen LogP contribution in [0.4, 0.5) is 0 Å². The fraction of sp³-hybridized carbons (Fsp3) is 0.951. The molecule has 0 bridgehead atoms. The average molecular weight is 1480 g/mol. The summed E-state index contributed by atoms with van der Waals surface area (Å²) in [5.74, 6) is 1.05. The molecule has 4 unspecified atom stereocenters. The first-order valence-corrected chi connectivity index (χ1v) is 45.3.